The molecule has 0 radical (unpaired) electrons. The zero-order valence-corrected chi connectivity index (χ0v) is 18.7. The van der Waals surface area contributed by atoms with Crippen LogP contribution in [0.4, 0.5) is 0 Å². The molecule has 1 fully saturated rings. The summed E-state index contributed by atoms with van der Waals surface area (Å²) < 4.78 is 0. The molecule has 0 amide bonds. The third kappa shape index (κ3) is 4.45. The summed E-state index contributed by atoms with van der Waals surface area (Å²) in [6.45, 7) is 5.36. The highest BCUT2D eigenvalue weighted by molar-refractivity contribution is 7.11. The Hall–Kier alpha value is -1.62. The third-order valence-electron chi connectivity index (χ3n) is 5.26. The Bertz CT molecular complexity index is 949. The van der Waals surface area contributed by atoms with E-state index in [-0.39, 0.29) is 6.04 Å². The Labute approximate surface area is 186 Å². The first-order chi connectivity index (χ1) is 13.8. The van der Waals surface area contributed by atoms with E-state index in [0.717, 1.165) is 33.6 Å². The van der Waals surface area contributed by atoms with Crippen LogP contribution in [0.2, 0.25) is 10.0 Å². The highest BCUT2D eigenvalue weighted by Crippen LogP contribution is 2.41. The molecule has 2 nitrogen and oxygen atoms in total. The quantitative estimate of drug-likeness (QED) is 0.474. The van der Waals surface area contributed by atoms with Crippen LogP contribution in [0.1, 0.15) is 35.9 Å². The van der Waals surface area contributed by atoms with Crippen LogP contribution < -0.4 is 0 Å². The van der Waals surface area contributed by atoms with Crippen LogP contribution >= 0.6 is 34.5 Å². The van der Waals surface area contributed by atoms with Gasteiger partial charge in [0.25, 0.3) is 0 Å². The maximum atomic E-state index is 10.8. The van der Waals surface area contributed by atoms with Gasteiger partial charge in [-0.25, -0.2) is 0 Å². The van der Waals surface area contributed by atoms with Crippen molar-refractivity contribution in [2.24, 2.45) is 0 Å². The summed E-state index contributed by atoms with van der Waals surface area (Å²) in [4.78, 5) is 3.56. The number of halogens is 2. The van der Waals surface area contributed by atoms with E-state index in [1.165, 1.54) is 16.7 Å². The number of hydrogen-bond donors (Lipinski definition) is 1. The van der Waals surface area contributed by atoms with E-state index in [4.69, 9.17) is 23.2 Å². The van der Waals surface area contributed by atoms with Crippen LogP contribution in [0.5, 0.6) is 0 Å². The lowest BCUT2D eigenvalue weighted by atomic mass is 9.85. The molecule has 1 aliphatic rings. The average molecular weight is 444 g/mol. The van der Waals surface area contributed by atoms with Crippen molar-refractivity contribution in [3.05, 3.63) is 97.7 Å². The van der Waals surface area contributed by atoms with Crippen LogP contribution in [0.3, 0.4) is 0 Å². The van der Waals surface area contributed by atoms with E-state index in [1.54, 1.807) is 11.3 Å². The fraction of sp³-hybridized carbons (Fsp3) is 0.250. The molecule has 1 N–H and O–H groups in total. The first kappa shape index (κ1) is 20.6. The molecule has 5 heteroatoms. The molecule has 0 aliphatic carbocycles. The summed E-state index contributed by atoms with van der Waals surface area (Å²) >= 11 is 13.9. The van der Waals surface area contributed by atoms with Crippen molar-refractivity contribution in [1.29, 1.82) is 0 Å². The molecule has 3 aromatic rings. The van der Waals surface area contributed by atoms with Gasteiger partial charge in [0.15, 0.2) is 0 Å². The van der Waals surface area contributed by atoms with Crippen molar-refractivity contribution in [2.45, 2.75) is 25.5 Å². The monoisotopic (exact) mass is 443 g/mol. The Morgan fingerprint density at radius 3 is 1.86 bits per heavy atom. The van der Waals surface area contributed by atoms with E-state index >= 15 is 0 Å². The van der Waals surface area contributed by atoms with Crippen molar-refractivity contribution in [2.75, 3.05) is 13.1 Å². The summed E-state index contributed by atoms with van der Waals surface area (Å²) in [6, 6.07) is 20.3. The first-order valence-electron chi connectivity index (χ1n) is 9.56. The molecule has 0 bridgehead atoms. The second kappa shape index (κ2) is 8.25. The maximum Gasteiger partial charge on any atom is 0.0854 e. The number of rotatable bonds is 5. The predicted octanol–water partition coefficient (Wildman–Crippen LogP) is 6.68. The minimum atomic E-state index is -0.873. The SMILES string of the molecule is CC(C)(O)C(=C1CN(C(c2ccc(Cl)cc2)c2ccc(Cl)cc2)C1)c1cccs1. The van der Waals surface area contributed by atoms with Crippen LogP contribution in [-0.2, 0) is 0 Å². The lowest BCUT2D eigenvalue weighted by molar-refractivity contribution is 0.137. The van der Waals surface area contributed by atoms with E-state index in [2.05, 4.69) is 40.6 Å². The van der Waals surface area contributed by atoms with Crippen molar-refractivity contribution < 1.29 is 5.11 Å². The molecule has 0 atom stereocenters. The highest BCUT2D eigenvalue weighted by atomic mass is 35.5. The standard InChI is InChI=1S/C24H23Cl2NOS/c1-24(2,28)22(21-4-3-13-29-21)18-14-27(15-18)23(16-5-9-19(25)10-6-16)17-7-11-20(26)12-8-17/h3-13,23,28H,14-15H2,1-2H3. The van der Waals surface area contributed by atoms with Crippen molar-refractivity contribution in [3.8, 4) is 0 Å². The smallest absolute Gasteiger partial charge is 0.0854 e. The van der Waals surface area contributed by atoms with Crippen LogP contribution in [0.25, 0.3) is 5.57 Å². The molecule has 1 aliphatic heterocycles. The summed E-state index contributed by atoms with van der Waals surface area (Å²) in [5, 5.41) is 14.3. The summed E-state index contributed by atoms with van der Waals surface area (Å²) in [5.74, 6) is 0. The van der Waals surface area contributed by atoms with Gasteiger partial charge in [0, 0.05) is 33.6 Å². The lowest BCUT2D eigenvalue weighted by Gasteiger charge is -2.43. The zero-order valence-electron chi connectivity index (χ0n) is 16.4. The number of nitrogens with zero attached hydrogens (tertiary/aromatic N) is 1. The maximum absolute atomic E-state index is 10.8. The molecule has 0 spiro atoms. The fourth-order valence-corrected chi connectivity index (χ4v) is 5.24. The zero-order chi connectivity index (χ0) is 20.6. The molecule has 29 heavy (non-hydrogen) atoms. The summed E-state index contributed by atoms with van der Waals surface area (Å²) in [7, 11) is 0. The predicted molar refractivity (Wildman–Crippen MR) is 124 cm³/mol. The number of hydrogen-bond acceptors (Lipinski definition) is 3. The highest BCUT2D eigenvalue weighted by Gasteiger charge is 2.36. The van der Waals surface area contributed by atoms with Crippen LogP contribution in [0.15, 0.2) is 71.6 Å². The Morgan fingerprint density at radius 2 is 1.45 bits per heavy atom. The Morgan fingerprint density at radius 1 is 0.931 bits per heavy atom. The van der Waals surface area contributed by atoms with Gasteiger partial charge in [-0.2, -0.15) is 0 Å². The first-order valence-corrected chi connectivity index (χ1v) is 11.2. The molecule has 150 valence electrons. The molecule has 2 heterocycles. The van der Waals surface area contributed by atoms with E-state index in [9.17, 15) is 5.11 Å². The van der Waals surface area contributed by atoms with Gasteiger partial charge in [-0.15, -0.1) is 11.3 Å². The molecular formula is C24H23Cl2NOS. The molecule has 1 aromatic heterocycles. The summed E-state index contributed by atoms with van der Waals surface area (Å²) in [6.07, 6.45) is 0. The molecule has 2 aromatic carbocycles. The second-order valence-corrected chi connectivity index (χ2v) is 9.75. The van der Waals surface area contributed by atoms with Gasteiger partial charge in [-0.1, -0.05) is 53.5 Å². The van der Waals surface area contributed by atoms with Gasteiger partial charge < -0.3 is 5.11 Å². The van der Waals surface area contributed by atoms with E-state index in [1.807, 2.05) is 44.2 Å². The minimum absolute atomic E-state index is 0.111. The van der Waals surface area contributed by atoms with Crippen molar-refractivity contribution >= 4 is 40.1 Å². The lowest BCUT2D eigenvalue weighted by Crippen LogP contribution is -2.45. The van der Waals surface area contributed by atoms with Crippen molar-refractivity contribution in [3.63, 3.8) is 0 Å². The molecule has 0 saturated carbocycles. The molecule has 4 rings (SSSR count). The van der Waals surface area contributed by atoms with E-state index < -0.39 is 5.60 Å². The largest absolute Gasteiger partial charge is 0.386 e. The van der Waals surface area contributed by atoms with Crippen LogP contribution in [-0.4, -0.2) is 28.7 Å². The van der Waals surface area contributed by atoms with Crippen molar-refractivity contribution in [1.82, 2.24) is 4.90 Å². The number of benzene rings is 2. The normalized spacial score (nSPS) is 14.9. The van der Waals surface area contributed by atoms with Gasteiger partial charge >= 0.3 is 0 Å². The topological polar surface area (TPSA) is 23.5 Å². The molecular weight excluding hydrogens is 421 g/mol. The average Bonchev–Trinajstić information content (AvgIpc) is 3.15. The second-order valence-electron chi connectivity index (χ2n) is 7.93. The number of likely N-dealkylation sites (tertiary alicyclic amines) is 1. The molecule has 0 unspecified atom stereocenters. The van der Waals surface area contributed by atoms with Crippen LogP contribution in [0, 0.1) is 0 Å². The summed E-state index contributed by atoms with van der Waals surface area (Å²) in [5.41, 5.74) is 3.85. The van der Waals surface area contributed by atoms with Gasteiger partial charge in [0.1, 0.15) is 0 Å². The third-order valence-corrected chi connectivity index (χ3v) is 6.65. The molecule has 1 saturated heterocycles. The minimum Gasteiger partial charge on any atom is -0.386 e. The van der Waals surface area contributed by atoms with E-state index in [0.29, 0.717) is 0 Å². The Kier molecular flexibility index (Phi) is 5.87. The van der Waals surface area contributed by atoms with Gasteiger partial charge in [0.05, 0.1) is 11.6 Å². The fourth-order valence-electron chi connectivity index (χ4n) is 4.02. The van der Waals surface area contributed by atoms with Gasteiger partial charge in [0.2, 0.25) is 0 Å². The number of aliphatic hydroxyl groups is 1. The Balaban J connectivity index is 1.69. The van der Waals surface area contributed by atoms with Gasteiger partial charge in [-0.3, -0.25) is 4.90 Å². The number of thiophene rings is 1. The van der Waals surface area contributed by atoms with Gasteiger partial charge in [-0.05, 0) is 66.3 Å².